The molecule has 1 N–H and O–H groups in total. The second kappa shape index (κ2) is 8.96. The third-order valence-corrected chi connectivity index (χ3v) is 2.93. The smallest absolute Gasteiger partial charge is 0.251 e. The van der Waals surface area contributed by atoms with Crippen LogP contribution in [0.4, 0.5) is 0 Å². The van der Waals surface area contributed by atoms with E-state index in [1.54, 1.807) is 0 Å². The second-order valence-electron chi connectivity index (χ2n) is 5.18. The van der Waals surface area contributed by atoms with Gasteiger partial charge in [0.1, 0.15) is 0 Å². The Bertz CT molecular complexity index is 554. The summed E-state index contributed by atoms with van der Waals surface area (Å²) in [6, 6.07) is 17.5. The van der Waals surface area contributed by atoms with Crippen LogP contribution in [0.25, 0.3) is 0 Å². The minimum Gasteiger partial charge on any atom is -0.346 e. The Morgan fingerprint density at radius 3 is 2.29 bits per heavy atom. The summed E-state index contributed by atoms with van der Waals surface area (Å²) in [4.78, 5) is 12.0. The highest BCUT2D eigenvalue weighted by molar-refractivity contribution is 5.94. The van der Waals surface area contributed by atoms with Gasteiger partial charge in [-0.15, -0.1) is 0 Å². The Balaban J connectivity index is 0.00000102. The van der Waals surface area contributed by atoms with E-state index in [9.17, 15) is 4.79 Å². The van der Waals surface area contributed by atoms with Gasteiger partial charge < -0.3 is 5.32 Å². The van der Waals surface area contributed by atoms with Crippen molar-refractivity contribution in [3.05, 3.63) is 71.3 Å². The van der Waals surface area contributed by atoms with Crippen LogP contribution in [0, 0.1) is 6.92 Å². The van der Waals surface area contributed by atoms with Gasteiger partial charge in [-0.1, -0.05) is 68.3 Å². The minimum absolute atomic E-state index is 0. The van der Waals surface area contributed by atoms with Crippen LogP contribution >= 0.6 is 0 Å². The van der Waals surface area contributed by atoms with E-state index in [1.807, 2.05) is 49.4 Å². The summed E-state index contributed by atoms with van der Waals surface area (Å²) in [7, 11) is 0. The van der Waals surface area contributed by atoms with Crippen molar-refractivity contribution in [1.29, 1.82) is 0 Å². The molecule has 0 aromatic heterocycles. The van der Waals surface area contributed by atoms with E-state index in [4.69, 9.17) is 0 Å². The molecule has 2 nitrogen and oxygen atoms in total. The predicted octanol–water partition coefficient (Wildman–Crippen LogP) is 5.15. The van der Waals surface area contributed by atoms with Gasteiger partial charge in [0.15, 0.2) is 0 Å². The number of carbonyl (C=O) groups is 1. The number of carbonyl (C=O) groups excluding carboxylic acids is 1. The Morgan fingerprint density at radius 1 is 1.10 bits per heavy atom. The van der Waals surface area contributed by atoms with Crippen molar-refractivity contribution in [2.45, 2.75) is 40.2 Å². The molecule has 0 saturated heterocycles. The number of aryl methyl sites for hydroxylation is 1. The second-order valence-corrected chi connectivity index (χ2v) is 5.18. The summed E-state index contributed by atoms with van der Waals surface area (Å²) in [5.41, 5.74) is 3.02. The Kier molecular flexibility index (Phi) is 7.24. The molecule has 1 atom stereocenters. The highest BCUT2D eigenvalue weighted by Crippen LogP contribution is 2.14. The number of benzene rings is 2. The highest BCUT2D eigenvalue weighted by Gasteiger charge is 2.10. The van der Waals surface area contributed by atoms with Crippen LogP contribution < -0.4 is 5.32 Å². The van der Waals surface area contributed by atoms with E-state index >= 15 is 0 Å². The lowest BCUT2D eigenvalue weighted by molar-refractivity contribution is 0.0940. The Hall–Kier alpha value is -2.09. The molecule has 2 aromatic rings. The fourth-order valence-electron chi connectivity index (χ4n) is 1.89. The average Bonchev–Trinajstić information content (AvgIpc) is 2.49. The van der Waals surface area contributed by atoms with Gasteiger partial charge in [0.2, 0.25) is 0 Å². The van der Waals surface area contributed by atoms with E-state index in [2.05, 4.69) is 38.2 Å². The summed E-state index contributed by atoms with van der Waals surface area (Å²) < 4.78 is 0. The van der Waals surface area contributed by atoms with E-state index in [0.29, 0.717) is 5.56 Å². The number of hydrogen-bond acceptors (Lipinski definition) is 1. The van der Waals surface area contributed by atoms with Crippen molar-refractivity contribution in [2.75, 3.05) is 0 Å². The summed E-state index contributed by atoms with van der Waals surface area (Å²) in [6.45, 7) is 8.30. The molecule has 2 heteroatoms. The topological polar surface area (TPSA) is 29.1 Å². The first-order valence-corrected chi connectivity index (χ1v) is 7.51. The lowest BCUT2D eigenvalue weighted by atomic mass is 10.1. The van der Waals surface area contributed by atoms with Gasteiger partial charge in [-0.2, -0.15) is 0 Å². The molecule has 21 heavy (non-hydrogen) atoms. The third kappa shape index (κ3) is 5.82. The van der Waals surface area contributed by atoms with Crippen molar-refractivity contribution < 1.29 is 6.22 Å². The molecule has 1 unspecified atom stereocenters. The van der Waals surface area contributed by atoms with Gasteiger partial charge in [-0.25, -0.2) is 0 Å². The number of amides is 1. The highest BCUT2D eigenvalue weighted by atomic mass is 16.1. The van der Waals surface area contributed by atoms with Gasteiger partial charge in [0, 0.05) is 6.99 Å². The molecule has 1 amide bonds. The molecule has 0 aliphatic rings. The minimum atomic E-state index is -0.0374. The van der Waals surface area contributed by atoms with E-state index in [0.717, 1.165) is 5.56 Å². The fraction of sp³-hybridized carbons (Fsp3) is 0.316. The Morgan fingerprint density at radius 2 is 1.71 bits per heavy atom. The maximum atomic E-state index is 12.0. The monoisotopic (exact) mass is 285 g/mol. The number of hydrogen-bond donors (Lipinski definition) is 1. The zero-order chi connectivity index (χ0) is 15.7. The van der Waals surface area contributed by atoms with Gasteiger partial charge >= 0.3 is 0 Å². The molecular weight excluding hydrogens is 258 g/mol. The lowest BCUT2D eigenvalue weighted by Crippen LogP contribution is -2.26. The molecule has 2 aromatic carbocycles. The zero-order valence-corrected chi connectivity index (χ0v) is 13.4. The molecule has 0 heterocycles. The van der Waals surface area contributed by atoms with Crippen LogP contribution in [0.5, 0.6) is 0 Å². The first kappa shape index (κ1) is 17.0. The largest absolute Gasteiger partial charge is 0.346 e. The van der Waals surface area contributed by atoms with E-state index < -0.39 is 0 Å². The van der Waals surface area contributed by atoms with E-state index in [-0.39, 0.29) is 13.4 Å². The van der Waals surface area contributed by atoms with Crippen LogP contribution in [-0.4, -0.2) is 5.91 Å². The Labute approximate surface area is 129 Å². The zero-order valence-electron chi connectivity index (χ0n) is 13.4. The van der Waals surface area contributed by atoms with Gasteiger partial charge in [-0.05, 0) is 31.5 Å². The summed E-state index contributed by atoms with van der Waals surface area (Å²) in [5, 5.41) is 3.00. The first-order chi connectivity index (χ1) is 10.1. The quantitative estimate of drug-likeness (QED) is 0.830. The van der Waals surface area contributed by atoms with Crippen LogP contribution in [-0.2, 0) is 0 Å². The maximum Gasteiger partial charge on any atom is 0.251 e. The maximum absolute atomic E-state index is 12.0. The van der Waals surface area contributed by atoms with Crippen molar-refractivity contribution in [3.63, 3.8) is 0 Å². The molecule has 0 spiro atoms. The summed E-state index contributed by atoms with van der Waals surface area (Å²) in [6.07, 6.45) is 1.25. The van der Waals surface area contributed by atoms with Gasteiger partial charge in [0.05, 0.1) is 6.04 Å². The van der Waals surface area contributed by atoms with Crippen molar-refractivity contribution in [1.82, 2.24) is 5.32 Å². The van der Waals surface area contributed by atoms with Crippen molar-refractivity contribution in [2.24, 2.45) is 0 Å². The van der Waals surface area contributed by atoms with Crippen LogP contribution in [0.2, 0.25) is 0 Å². The average molecular weight is 285 g/mol. The van der Waals surface area contributed by atoms with Crippen LogP contribution in [0.3, 0.4) is 0 Å². The molecular formula is C19H27NO. The molecule has 2 rings (SSSR count). The van der Waals surface area contributed by atoms with Crippen molar-refractivity contribution >= 4 is 5.91 Å². The number of rotatable bonds is 3. The molecule has 0 radical (unpaired) electrons. The third-order valence-electron chi connectivity index (χ3n) is 2.93. The summed E-state index contributed by atoms with van der Waals surface area (Å²) >= 11 is 0. The van der Waals surface area contributed by atoms with Crippen LogP contribution in [0.15, 0.2) is 54.6 Å². The standard InChI is InChI=1S/C16H17NO.C3H8.H2/c1-12-7-6-10-15(11-12)13(2)17-16(18)14-8-4-3-5-9-14;1-3-2;/h3-11,13H,1-2H3,(H,17,18);3H2,1-2H3;1H. The first-order valence-electron chi connectivity index (χ1n) is 7.51. The number of nitrogens with one attached hydrogen (secondary N) is 1. The summed E-state index contributed by atoms with van der Waals surface area (Å²) in [5.74, 6) is -0.0374. The molecule has 0 aliphatic heterocycles. The van der Waals surface area contributed by atoms with Gasteiger partial charge in [-0.3, -0.25) is 4.79 Å². The molecule has 0 fully saturated rings. The lowest BCUT2D eigenvalue weighted by Gasteiger charge is -2.14. The fourth-order valence-corrected chi connectivity index (χ4v) is 1.89. The SMILES string of the molecule is CCC.Cc1cccc(C(C)NC(=O)c2ccccc2)c1.[HH]. The molecule has 0 aliphatic carbocycles. The predicted molar refractivity (Wildman–Crippen MR) is 91.6 cm³/mol. The molecule has 0 saturated carbocycles. The van der Waals surface area contributed by atoms with Crippen molar-refractivity contribution in [3.8, 4) is 0 Å². The molecule has 0 bridgehead atoms. The van der Waals surface area contributed by atoms with Gasteiger partial charge in [0.25, 0.3) is 5.91 Å². The molecule has 114 valence electrons. The van der Waals surface area contributed by atoms with Crippen LogP contribution in [0.1, 0.15) is 56.1 Å². The van der Waals surface area contributed by atoms with E-state index in [1.165, 1.54) is 12.0 Å². The normalized spacial score (nSPS) is 11.0.